The lowest BCUT2D eigenvalue weighted by atomic mass is 9.89. The number of nitrogens with one attached hydrogen (secondary N) is 1. The van der Waals surface area contributed by atoms with Crippen molar-refractivity contribution < 1.29 is 10.2 Å². The molecule has 0 amide bonds. The molecule has 3 rings (SSSR count). The summed E-state index contributed by atoms with van der Waals surface area (Å²) in [7, 11) is 2.19. The van der Waals surface area contributed by atoms with Crippen molar-refractivity contribution in [3.8, 4) is 0 Å². The number of rotatable bonds is 10. The van der Waals surface area contributed by atoms with Crippen LogP contribution in [0.5, 0.6) is 0 Å². The lowest BCUT2D eigenvalue weighted by Gasteiger charge is -2.31. The monoisotopic (exact) mass is 440 g/mol. The van der Waals surface area contributed by atoms with Gasteiger partial charge in [-0.3, -0.25) is 0 Å². The van der Waals surface area contributed by atoms with E-state index in [0.29, 0.717) is 18.3 Å². The summed E-state index contributed by atoms with van der Waals surface area (Å²) in [5.74, 6) is 1.08. The van der Waals surface area contributed by atoms with Gasteiger partial charge < -0.3 is 20.4 Å². The minimum Gasteiger partial charge on any atom is -0.392 e. The van der Waals surface area contributed by atoms with Crippen LogP contribution in [0.2, 0.25) is 0 Å². The van der Waals surface area contributed by atoms with E-state index in [1.165, 1.54) is 11.1 Å². The molecule has 0 radical (unpaired) electrons. The Morgan fingerprint density at radius 1 is 1.28 bits per heavy atom. The van der Waals surface area contributed by atoms with Crippen LogP contribution in [0.25, 0.3) is 0 Å². The Labute approximate surface area is 195 Å². The molecule has 5 atom stereocenters. The molecule has 0 spiro atoms. The minimum atomic E-state index is -0.509. The molecule has 0 unspecified atom stereocenters. The zero-order chi connectivity index (χ0) is 23.3. The molecule has 0 saturated heterocycles. The van der Waals surface area contributed by atoms with Crippen LogP contribution in [0.3, 0.4) is 0 Å². The van der Waals surface area contributed by atoms with Crippen LogP contribution in [0.1, 0.15) is 51.2 Å². The van der Waals surface area contributed by atoms with Crippen molar-refractivity contribution in [2.45, 2.75) is 71.1 Å². The summed E-state index contributed by atoms with van der Waals surface area (Å²) in [4.78, 5) is 2.40. The maximum absolute atomic E-state index is 10.6. The third kappa shape index (κ3) is 7.02. The highest BCUT2D eigenvalue weighted by Crippen LogP contribution is 2.47. The van der Waals surface area contributed by atoms with Gasteiger partial charge in [0.15, 0.2) is 0 Å². The van der Waals surface area contributed by atoms with Crippen molar-refractivity contribution in [3.05, 3.63) is 59.2 Å². The van der Waals surface area contributed by atoms with Gasteiger partial charge in [-0.2, -0.15) is 0 Å². The standard InChI is InChI=1S/C28H44N2O2/c1-20-8-6-9-21(14-20)16-24(31)10-11-25-26-17-22(15-23(26)18-27(25)32)19-29-12-7-13-30(5)28(2,3)4/h6,8-11,14-15,23-27,29,31-32H,7,12-13,16-19H2,1-5H3/b11-10+/t23-,24+,25+,26-,27+/m0/s1. The van der Waals surface area contributed by atoms with Crippen LogP contribution >= 0.6 is 0 Å². The number of aliphatic hydroxyl groups excluding tert-OH is 2. The number of benzene rings is 1. The molecule has 0 bridgehead atoms. The fourth-order valence-electron chi connectivity index (χ4n) is 5.17. The zero-order valence-electron chi connectivity index (χ0n) is 20.7. The van der Waals surface area contributed by atoms with E-state index < -0.39 is 6.10 Å². The van der Waals surface area contributed by atoms with E-state index >= 15 is 0 Å². The minimum absolute atomic E-state index is 0.140. The Morgan fingerprint density at radius 2 is 2.06 bits per heavy atom. The van der Waals surface area contributed by atoms with Gasteiger partial charge in [-0.25, -0.2) is 0 Å². The SMILES string of the molecule is Cc1cccc(C[C@H](O)/C=C/[C@@H]2[C@H]3CC(CNCCCN(C)C(C)(C)C)=C[C@H]3C[C@H]2O)c1. The number of allylic oxidation sites excluding steroid dienone is 1. The first-order valence-electron chi connectivity index (χ1n) is 12.3. The summed E-state index contributed by atoms with van der Waals surface area (Å²) in [6.07, 6.45) is 9.25. The lowest BCUT2D eigenvalue weighted by molar-refractivity contribution is 0.140. The molecule has 2 aliphatic rings. The maximum atomic E-state index is 10.6. The van der Waals surface area contributed by atoms with E-state index in [1.807, 2.05) is 12.1 Å². The average molecular weight is 441 g/mol. The number of hydrogen-bond donors (Lipinski definition) is 3. The van der Waals surface area contributed by atoms with Crippen LogP contribution in [-0.4, -0.2) is 59.5 Å². The smallest absolute Gasteiger partial charge is 0.0761 e. The Bertz CT molecular complexity index is 795. The number of nitrogens with zero attached hydrogens (tertiary/aromatic N) is 1. The summed E-state index contributed by atoms with van der Waals surface area (Å²) in [6, 6.07) is 8.30. The van der Waals surface area contributed by atoms with Gasteiger partial charge in [-0.1, -0.05) is 53.6 Å². The molecular weight excluding hydrogens is 396 g/mol. The van der Waals surface area contributed by atoms with Gasteiger partial charge in [-0.15, -0.1) is 0 Å². The van der Waals surface area contributed by atoms with Crippen molar-refractivity contribution in [3.63, 3.8) is 0 Å². The molecule has 0 aliphatic heterocycles. The predicted octanol–water partition coefficient (Wildman–Crippen LogP) is 4.11. The molecule has 178 valence electrons. The second-order valence-corrected chi connectivity index (χ2v) is 11.0. The molecule has 4 nitrogen and oxygen atoms in total. The fraction of sp³-hybridized carbons (Fsp3) is 0.643. The first kappa shape index (κ1) is 25.2. The summed E-state index contributed by atoms with van der Waals surface area (Å²) >= 11 is 0. The van der Waals surface area contributed by atoms with Crippen LogP contribution in [0, 0.1) is 24.7 Å². The van der Waals surface area contributed by atoms with Gasteiger partial charge >= 0.3 is 0 Å². The number of aryl methyl sites for hydroxylation is 1. The van der Waals surface area contributed by atoms with Gasteiger partial charge in [0.2, 0.25) is 0 Å². The largest absolute Gasteiger partial charge is 0.392 e. The summed E-state index contributed by atoms with van der Waals surface area (Å²) in [6.45, 7) is 11.9. The molecule has 3 N–H and O–H groups in total. The van der Waals surface area contributed by atoms with Crippen molar-refractivity contribution >= 4 is 0 Å². The summed E-state index contributed by atoms with van der Waals surface area (Å²) < 4.78 is 0. The Kier molecular flexibility index (Phi) is 8.74. The average Bonchev–Trinajstić information content (AvgIpc) is 3.21. The Morgan fingerprint density at radius 3 is 2.78 bits per heavy atom. The maximum Gasteiger partial charge on any atom is 0.0761 e. The van der Waals surface area contributed by atoms with Crippen LogP contribution in [-0.2, 0) is 6.42 Å². The van der Waals surface area contributed by atoms with Crippen LogP contribution in [0.4, 0.5) is 0 Å². The number of hydrogen-bond acceptors (Lipinski definition) is 4. The van der Waals surface area contributed by atoms with E-state index in [1.54, 1.807) is 0 Å². The highest BCUT2D eigenvalue weighted by Gasteiger charge is 2.43. The molecule has 0 aromatic heterocycles. The predicted molar refractivity (Wildman–Crippen MR) is 134 cm³/mol. The van der Waals surface area contributed by atoms with Crippen molar-refractivity contribution in [1.82, 2.24) is 10.2 Å². The number of fused-ring (bicyclic) bond motifs is 1. The summed E-state index contributed by atoms with van der Waals surface area (Å²) in [5, 5.41) is 24.7. The summed E-state index contributed by atoms with van der Waals surface area (Å²) in [5.41, 5.74) is 4.07. The molecule has 1 fully saturated rings. The molecular formula is C28H44N2O2. The highest BCUT2D eigenvalue weighted by atomic mass is 16.3. The fourth-order valence-corrected chi connectivity index (χ4v) is 5.17. The Hall–Kier alpha value is -1.46. The third-order valence-corrected chi connectivity index (χ3v) is 7.38. The van der Waals surface area contributed by atoms with Crippen LogP contribution in [0.15, 0.2) is 48.1 Å². The molecule has 1 aromatic carbocycles. The Balaban J connectivity index is 1.43. The second-order valence-electron chi connectivity index (χ2n) is 11.0. The van der Waals surface area contributed by atoms with Gasteiger partial charge in [0.05, 0.1) is 12.2 Å². The van der Waals surface area contributed by atoms with Gasteiger partial charge in [-0.05, 0) is 84.5 Å². The quantitative estimate of drug-likeness (QED) is 0.379. The lowest BCUT2D eigenvalue weighted by Crippen LogP contribution is -2.39. The van der Waals surface area contributed by atoms with E-state index in [2.05, 4.69) is 75.3 Å². The van der Waals surface area contributed by atoms with Gasteiger partial charge in [0.25, 0.3) is 0 Å². The van der Waals surface area contributed by atoms with E-state index in [0.717, 1.165) is 44.5 Å². The molecule has 32 heavy (non-hydrogen) atoms. The van der Waals surface area contributed by atoms with Gasteiger partial charge in [0, 0.05) is 24.4 Å². The van der Waals surface area contributed by atoms with E-state index in [9.17, 15) is 10.2 Å². The van der Waals surface area contributed by atoms with Crippen molar-refractivity contribution in [1.29, 1.82) is 0 Å². The van der Waals surface area contributed by atoms with Gasteiger partial charge in [0.1, 0.15) is 0 Å². The topological polar surface area (TPSA) is 55.7 Å². The first-order chi connectivity index (χ1) is 15.1. The molecule has 0 heterocycles. The molecule has 2 aliphatic carbocycles. The van der Waals surface area contributed by atoms with Crippen molar-refractivity contribution in [2.24, 2.45) is 17.8 Å². The van der Waals surface area contributed by atoms with Crippen molar-refractivity contribution in [2.75, 3.05) is 26.7 Å². The highest BCUT2D eigenvalue weighted by molar-refractivity contribution is 5.24. The molecule has 4 heteroatoms. The normalized spacial score (nSPS) is 26.7. The van der Waals surface area contributed by atoms with E-state index in [4.69, 9.17) is 0 Å². The molecule has 1 saturated carbocycles. The zero-order valence-corrected chi connectivity index (χ0v) is 20.7. The molecule has 1 aromatic rings. The second kappa shape index (κ2) is 11.1. The number of aliphatic hydroxyl groups is 2. The van der Waals surface area contributed by atoms with Crippen LogP contribution < -0.4 is 5.32 Å². The van der Waals surface area contributed by atoms with E-state index in [-0.39, 0.29) is 17.6 Å². The third-order valence-electron chi connectivity index (χ3n) is 7.38. The first-order valence-corrected chi connectivity index (χ1v) is 12.3.